The highest BCUT2D eigenvalue weighted by Crippen LogP contribution is 2.59. The molecule has 2 nitrogen and oxygen atoms in total. The summed E-state index contributed by atoms with van der Waals surface area (Å²) in [6.45, 7) is 4.52. The molecule has 2 atom stereocenters. The minimum atomic E-state index is -0.217. The summed E-state index contributed by atoms with van der Waals surface area (Å²) < 4.78 is 8.75. The molecule has 0 amide bonds. The second-order valence-electron chi connectivity index (χ2n) is 11.9. The molecule has 2 aliphatic heterocycles. The first-order valence-corrected chi connectivity index (χ1v) is 16.0. The molecule has 206 valence electrons. The van der Waals surface area contributed by atoms with Gasteiger partial charge in [-0.2, -0.15) is 0 Å². The van der Waals surface area contributed by atoms with Gasteiger partial charge in [-0.25, -0.2) is 0 Å². The first-order chi connectivity index (χ1) is 20.3. The Morgan fingerprint density at radius 3 is 1.57 bits per heavy atom. The minimum absolute atomic E-state index is 0.174. The average molecular weight is 675 g/mol. The van der Waals surface area contributed by atoms with Crippen LogP contribution < -0.4 is 4.90 Å². The van der Waals surface area contributed by atoms with Gasteiger partial charge in [-0.15, -0.1) is 0 Å². The van der Waals surface area contributed by atoms with E-state index in [4.69, 9.17) is 4.74 Å². The summed E-state index contributed by atoms with van der Waals surface area (Å²) in [5.41, 5.74) is 8.21. The third kappa shape index (κ3) is 3.92. The molecule has 1 fully saturated rings. The Morgan fingerprint density at radius 1 is 0.571 bits per heavy atom. The van der Waals surface area contributed by atoms with E-state index in [-0.39, 0.29) is 11.2 Å². The Bertz CT molecular complexity index is 1910. The molecular formula is C38H29Br2NO. The standard InChI is InChI=1S/C38H29Br2NO/c1-37-21-22-38(2,42-37)34-23-24(11-20-33(34)37)35-29-7-3-5-9-31(29)36(32-10-6-4-8-30(32)35)41(27-16-12-25(39)13-17-27)28-18-14-26(40)15-19-28/h3-20,23H,21-22H2,1-2H3. The summed E-state index contributed by atoms with van der Waals surface area (Å²) in [6.07, 6.45) is 2.15. The zero-order chi connectivity index (χ0) is 28.6. The molecule has 42 heavy (non-hydrogen) atoms. The van der Waals surface area contributed by atoms with E-state index in [2.05, 4.69) is 166 Å². The number of benzene rings is 6. The van der Waals surface area contributed by atoms with Crippen LogP contribution in [0.5, 0.6) is 0 Å². The quantitative estimate of drug-likeness (QED) is 0.173. The van der Waals surface area contributed by atoms with Crippen molar-refractivity contribution in [2.45, 2.75) is 37.9 Å². The molecule has 6 aromatic carbocycles. The van der Waals surface area contributed by atoms with Crippen molar-refractivity contribution in [3.63, 3.8) is 0 Å². The van der Waals surface area contributed by atoms with Gasteiger partial charge in [-0.1, -0.05) is 92.5 Å². The molecule has 1 saturated heterocycles. The van der Waals surface area contributed by atoms with Crippen molar-refractivity contribution in [2.75, 3.05) is 4.90 Å². The number of hydrogen-bond acceptors (Lipinski definition) is 2. The van der Waals surface area contributed by atoms with Crippen LogP contribution in [-0.2, 0) is 15.9 Å². The van der Waals surface area contributed by atoms with Crippen LogP contribution in [0.15, 0.2) is 124 Å². The lowest BCUT2D eigenvalue weighted by Gasteiger charge is -2.30. The molecule has 4 heteroatoms. The second kappa shape index (κ2) is 9.54. The van der Waals surface area contributed by atoms with E-state index in [1.807, 2.05) is 0 Å². The van der Waals surface area contributed by atoms with Crippen LogP contribution in [0.3, 0.4) is 0 Å². The van der Waals surface area contributed by atoms with Gasteiger partial charge in [0, 0.05) is 31.1 Å². The van der Waals surface area contributed by atoms with Gasteiger partial charge >= 0.3 is 0 Å². The highest BCUT2D eigenvalue weighted by molar-refractivity contribution is 9.10. The number of hydrogen-bond donors (Lipinski definition) is 0. The van der Waals surface area contributed by atoms with E-state index in [0.717, 1.165) is 33.2 Å². The first-order valence-electron chi connectivity index (χ1n) is 14.4. The zero-order valence-corrected chi connectivity index (χ0v) is 26.7. The van der Waals surface area contributed by atoms with Gasteiger partial charge in [-0.05, 0) is 114 Å². The highest BCUT2D eigenvalue weighted by atomic mass is 79.9. The van der Waals surface area contributed by atoms with Crippen molar-refractivity contribution in [1.29, 1.82) is 0 Å². The molecule has 8 rings (SSSR count). The summed E-state index contributed by atoms with van der Waals surface area (Å²) >= 11 is 7.28. The van der Waals surface area contributed by atoms with Crippen molar-refractivity contribution in [3.8, 4) is 11.1 Å². The number of halogens is 2. The van der Waals surface area contributed by atoms with E-state index in [0.29, 0.717) is 0 Å². The summed E-state index contributed by atoms with van der Waals surface area (Å²) in [4.78, 5) is 2.39. The number of rotatable bonds is 4. The van der Waals surface area contributed by atoms with Gasteiger partial charge in [0.1, 0.15) is 0 Å². The summed E-state index contributed by atoms with van der Waals surface area (Å²) in [7, 11) is 0. The maximum atomic E-state index is 6.64. The number of fused-ring (bicyclic) bond motifs is 7. The molecule has 0 spiro atoms. The number of nitrogens with zero attached hydrogens (tertiary/aromatic N) is 1. The smallest absolute Gasteiger partial charge is 0.0920 e. The molecular weight excluding hydrogens is 646 g/mol. The Balaban J connectivity index is 1.44. The Labute approximate surface area is 263 Å². The Hall–Kier alpha value is -3.44. The van der Waals surface area contributed by atoms with Crippen LogP contribution >= 0.6 is 31.9 Å². The predicted molar refractivity (Wildman–Crippen MR) is 182 cm³/mol. The SMILES string of the molecule is CC12CCC(C)(O1)c1cc(-c3c4ccccc4c(N(c4ccc(Br)cc4)c4ccc(Br)cc4)c4ccccc34)ccc12. The fraction of sp³-hybridized carbons (Fsp3) is 0.158. The zero-order valence-electron chi connectivity index (χ0n) is 23.5. The molecule has 2 heterocycles. The molecule has 2 aliphatic rings. The van der Waals surface area contributed by atoms with Crippen LogP contribution in [-0.4, -0.2) is 0 Å². The van der Waals surface area contributed by atoms with Crippen molar-refractivity contribution in [3.05, 3.63) is 135 Å². The topological polar surface area (TPSA) is 12.5 Å². The average Bonchev–Trinajstić information content (AvgIpc) is 3.45. The molecule has 0 radical (unpaired) electrons. The fourth-order valence-corrected chi connectivity index (χ4v) is 7.83. The lowest BCUT2D eigenvalue weighted by atomic mass is 9.77. The largest absolute Gasteiger partial charge is 0.360 e. The maximum absolute atomic E-state index is 6.64. The van der Waals surface area contributed by atoms with Crippen LogP contribution in [0, 0.1) is 0 Å². The summed E-state index contributed by atoms with van der Waals surface area (Å²) in [6, 6.07) is 42.0. The number of anilines is 3. The maximum Gasteiger partial charge on any atom is 0.0920 e. The first kappa shape index (κ1) is 26.2. The van der Waals surface area contributed by atoms with E-state index < -0.39 is 0 Å². The molecule has 0 aliphatic carbocycles. The predicted octanol–water partition coefficient (Wildman–Crippen LogP) is 11.9. The summed E-state index contributed by atoms with van der Waals surface area (Å²) in [5.74, 6) is 0. The van der Waals surface area contributed by atoms with Gasteiger partial charge in [0.15, 0.2) is 0 Å². The Kier molecular flexibility index (Phi) is 5.95. The van der Waals surface area contributed by atoms with Gasteiger partial charge in [-0.3, -0.25) is 0 Å². The van der Waals surface area contributed by atoms with Crippen LogP contribution in [0.1, 0.15) is 37.8 Å². The van der Waals surface area contributed by atoms with Crippen molar-refractivity contribution in [2.24, 2.45) is 0 Å². The monoisotopic (exact) mass is 673 g/mol. The number of ether oxygens (including phenoxy) is 1. The van der Waals surface area contributed by atoms with Crippen LogP contribution in [0.4, 0.5) is 17.1 Å². The molecule has 0 aromatic heterocycles. The van der Waals surface area contributed by atoms with Crippen molar-refractivity contribution in [1.82, 2.24) is 0 Å². The van der Waals surface area contributed by atoms with Gasteiger partial charge < -0.3 is 9.64 Å². The Morgan fingerprint density at radius 2 is 1.05 bits per heavy atom. The van der Waals surface area contributed by atoms with Gasteiger partial charge in [0.25, 0.3) is 0 Å². The van der Waals surface area contributed by atoms with Gasteiger partial charge in [0.2, 0.25) is 0 Å². The fourth-order valence-electron chi connectivity index (χ4n) is 7.30. The van der Waals surface area contributed by atoms with Crippen molar-refractivity contribution >= 4 is 70.5 Å². The van der Waals surface area contributed by atoms with Crippen LogP contribution in [0.25, 0.3) is 32.7 Å². The van der Waals surface area contributed by atoms with E-state index in [9.17, 15) is 0 Å². The van der Waals surface area contributed by atoms with E-state index >= 15 is 0 Å². The highest BCUT2D eigenvalue weighted by Gasteiger charge is 2.54. The molecule has 2 unspecified atom stereocenters. The van der Waals surface area contributed by atoms with E-state index in [1.54, 1.807) is 0 Å². The normalized spacial score (nSPS) is 20.8. The lowest BCUT2D eigenvalue weighted by molar-refractivity contribution is -0.0662. The molecule has 0 N–H and O–H groups in total. The summed E-state index contributed by atoms with van der Waals surface area (Å²) in [5, 5.41) is 4.92. The third-order valence-electron chi connectivity index (χ3n) is 9.27. The molecule has 6 aromatic rings. The second-order valence-corrected chi connectivity index (χ2v) is 13.8. The van der Waals surface area contributed by atoms with Crippen LogP contribution in [0.2, 0.25) is 0 Å². The lowest BCUT2D eigenvalue weighted by Crippen LogP contribution is -2.17. The van der Waals surface area contributed by atoms with Gasteiger partial charge in [0.05, 0.1) is 16.9 Å². The third-order valence-corrected chi connectivity index (χ3v) is 10.3. The van der Waals surface area contributed by atoms with E-state index in [1.165, 1.54) is 49.5 Å². The minimum Gasteiger partial charge on any atom is -0.360 e. The van der Waals surface area contributed by atoms with Crippen molar-refractivity contribution < 1.29 is 4.74 Å². The molecule has 2 bridgehead atoms. The molecule has 0 saturated carbocycles.